The second-order valence-electron chi connectivity index (χ2n) is 8.49. The monoisotopic (exact) mass is 477 g/mol. The summed E-state index contributed by atoms with van der Waals surface area (Å²) in [6.07, 6.45) is 4.83. The van der Waals surface area contributed by atoms with Crippen molar-refractivity contribution in [2.75, 3.05) is 5.32 Å². The van der Waals surface area contributed by atoms with Crippen LogP contribution in [0.2, 0.25) is 0 Å². The van der Waals surface area contributed by atoms with Crippen molar-refractivity contribution in [3.05, 3.63) is 70.1 Å². The Kier molecular flexibility index (Phi) is 7.28. The van der Waals surface area contributed by atoms with E-state index in [-0.39, 0.29) is 30.4 Å². The number of hydrogen-bond acceptors (Lipinski definition) is 6. The molecule has 2 amide bonds. The molecule has 176 valence electrons. The number of aromatic nitrogens is 2. The molecule has 4 rings (SSSR count). The first-order valence-electron chi connectivity index (χ1n) is 11.3. The number of nitrogens with zero attached hydrogens (tertiary/aromatic N) is 2. The van der Waals surface area contributed by atoms with Gasteiger partial charge in [0, 0.05) is 47.4 Å². The van der Waals surface area contributed by atoms with Crippen LogP contribution in [0.3, 0.4) is 0 Å². The maximum absolute atomic E-state index is 12.7. The number of amides is 2. The molecule has 0 spiro atoms. The van der Waals surface area contributed by atoms with Crippen molar-refractivity contribution >= 4 is 28.3 Å². The largest absolute Gasteiger partial charge is 0.446 e. The fraction of sp³-hybridized carbons (Fsp3) is 0.360. The van der Waals surface area contributed by atoms with Gasteiger partial charge in [-0.3, -0.25) is 9.78 Å². The summed E-state index contributed by atoms with van der Waals surface area (Å²) < 4.78 is 5.65. The van der Waals surface area contributed by atoms with Gasteiger partial charge < -0.3 is 20.4 Å². The topological polar surface area (TPSA) is 120 Å². The van der Waals surface area contributed by atoms with Gasteiger partial charge in [0.05, 0.1) is 11.6 Å². The van der Waals surface area contributed by atoms with Crippen molar-refractivity contribution in [2.45, 2.75) is 57.6 Å². The van der Waals surface area contributed by atoms with Gasteiger partial charge in [-0.25, -0.2) is 4.79 Å². The van der Waals surface area contributed by atoms with Gasteiger partial charge in [0.2, 0.25) is 5.91 Å². The summed E-state index contributed by atoms with van der Waals surface area (Å²) in [5.74, 6) is -0.190. The third-order valence-corrected chi connectivity index (χ3v) is 7.14. The lowest BCUT2D eigenvalue weighted by atomic mass is 9.94. The number of ether oxygens (including phenoxy) is 1. The van der Waals surface area contributed by atoms with E-state index < -0.39 is 6.09 Å². The molecule has 3 N–H and O–H groups in total. The van der Waals surface area contributed by atoms with Gasteiger partial charge in [0.15, 0.2) is 0 Å². The second-order valence-corrected chi connectivity index (χ2v) is 9.59. The fourth-order valence-corrected chi connectivity index (χ4v) is 5.42. The maximum atomic E-state index is 12.7. The fourth-order valence-electron chi connectivity index (χ4n) is 4.14. The minimum Gasteiger partial charge on any atom is -0.446 e. The van der Waals surface area contributed by atoms with Crippen molar-refractivity contribution in [1.29, 1.82) is 5.26 Å². The Morgan fingerprint density at radius 1 is 1.32 bits per heavy atom. The Balaban J connectivity index is 1.36. The summed E-state index contributed by atoms with van der Waals surface area (Å²) in [6.45, 7) is 3.84. The van der Waals surface area contributed by atoms with E-state index in [1.165, 1.54) is 11.3 Å². The number of fused-ring (bicyclic) bond motifs is 1. The molecule has 3 heterocycles. The van der Waals surface area contributed by atoms with Crippen LogP contribution in [0.4, 0.5) is 9.80 Å². The summed E-state index contributed by atoms with van der Waals surface area (Å²) >= 11 is 1.39. The molecule has 0 aromatic carbocycles. The molecule has 3 aromatic rings. The Bertz CT molecular complexity index is 1180. The van der Waals surface area contributed by atoms with Gasteiger partial charge in [-0.1, -0.05) is 13.0 Å². The quantitative estimate of drug-likeness (QED) is 0.451. The summed E-state index contributed by atoms with van der Waals surface area (Å²) in [5.41, 5.74) is 3.22. The van der Waals surface area contributed by atoms with Crippen molar-refractivity contribution < 1.29 is 14.3 Å². The molecular formula is C25H27N5O3S. The highest BCUT2D eigenvalue weighted by molar-refractivity contribution is 7.16. The first-order chi connectivity index (χ1) is 16.4. The first-order valence-corrected chi connectivity index (χ1v) is 12.1. The average Bonchev–Trinajstić information content (AvgIpc) is 3.47. The summed E-state index contributed by atoms with van der Waals surface area (Å²) in [7, 11) is 0. The molecule has 0 saturated carbocycles. The molecule has 8 nitrogen and oxygen atoms in total. The molecule has 0 bridgehead atoms. The predicted molar refractivity (Wildman–Crippen MR) is 130 cm³/mol. The SMILES string of the molecule is CC(CC(=O)Nc1sc2c(c1C#N)CCC(OC(=O)NC(C)c1ccc[nH]1)C2)c1ccccn1. The molecule has 0 radical (unpaired) electrons. The highest BCUT2D eigenvalue weighted by Crippen LogP contribution is 2.38. The standard InChI is InChI=1S/C25H27N5O3S/c1-15(20-6-3-4-10-27-20)12-23(31)30-24-19(14-26)18-9-8-17(13-22(18)34-24)33-25(32)29-16(2)21-7-5-11-28-21/h3-7,10-11,15-17,28H,8-9,12-13H2,1-2H3,(H,29,32)(H,30,31). The van der Waals surface area contributed by atoms with Crippen LogP contribution in [-0.4, -0.2) is 28.1 Å². The van der Waals surface area contributed by atoms with Gasteiger partial charge in [-0.2, -0.15) is 5.26 Å². The van der Waals surface area contributed by atoms with Crippen LogP contribution < -0.4 is 10.6 Å². The van der Waals surface area contributed by atoms with Crippen molar-refractivity contribution in [3.8, 4) is 6.07 Å². The number of nitrogens with one attached hydrogen (secondary N) is 3. The Hall–Kier alpha value is -3.64. The number of anilines is 1. The van der Waals surface area contributed by atoms with Crippen molar-refractivity contribution in [2.24, 2.45) is 0 Å². The normalized spacial score (nSPS) is 16.6. The van der Waals surface area contributed by atoms with Crippen LogP contribution in [-0.2, 0) is 22.4 Å². The van der Waals surface area contributed by atoms with Crippen molar-refractivity contribution in [1.82, 2.24) is 15.3 Å². The highest BCUT2D eigenvalue weighted by atomic mass is 32.1. The number of carbonyl (C=O) groups excluding carboxylic acids is 2. The van der Waals surface area contributed by atoms with E-state index >= 15 is 0 Å². The summed E-state index contributed by atoms with van der Waals surface area (Å²) in [4.78, 5) is 33.4. The van der Waals surface area contributed by atoms with Crippen LogP contribution in [0.15, 0.2) is 42.7 Å². The lowest BCUT2D eigenvalue weighted by Crippen LogP contribution is -2.33. The maximum Gasteiger partial charge on any atom is 0.407 e. The molecule has 0 fully saturated rings. The number of pyridine rings is 1. The van der Waals surface area contributed by atoms with E-state index in [9.17, 15) is 14.9 Å². The van der Waals surface area contributed by atoms with Gasteiger partial charge in [0.25, 0.3) is 0 Å². The number of H-pyrrole nitrogens is 1. The molecule has 1 aliphatic carbocycles. The van der Waals surface area contributed by atoms with Gasteiger partial charge >= 0.3 is 6.09 Å². The van der Waals surface area contributed by atoms with Gasteiger partial charge in [-0.05, 0) is 49.6 Å². The van der Waals surface area contributed by atoms with Crippen LogP contribution in [0.1, 0.15) is 66.0 Å². The number of hydrogen-bond donors (Lipinski definition) is 3. The van der Waals surface area contributed by atoms with Crippen LogP contribution in [0.5, 0.6) is 0 Å². The zero-order valence-electron chi connectivity index (χ0n) is 19.1. The van der Waals surface area contributed by atoms with Gasteiger partial charge in [-0.15, -0.1) is 11.3 Å². The molecule has 0 saturated heterocycles. The molecule has 3 atom stereocenters. The lowest BCUT2D eigenvalue weighted by Gasteiger charge is -2.23. The smallest absolute Gasteiger partial charge is 0.407 e. The Morgan fingerprint density at radius 3 is 2.88 bits per heavy atom. The number of aromatic amines is 1. The van der Waals surface area contributed by atoms with E-state index in [0.29, 0.717) is 29.8 Å². The second kappa shape index (κ2) is 10.5. The zero-order valence-corrected chi connectivity index (χ0v) is 19.9. The minimum absolute atomic E-state index is 0.0361. The molecule has 9 heteroatoms. The third kappa shape index (κ3) is 5.46. The third-order valence-electron chi connectivity index (χ3n) is 5.97. The first kappa shape index (κ1) is 23.5. The minimum atomic E-state index is -0.468. The van der Waals surface area contributed by atoms with E-state index in [1.807, 2.05) is 44.2 Å². The predicted octanol–water partition coefficient (Wildman–Crippen LogP) is 4.82. The number of rotatable bonds is 7. The Labute approximate surface area is 202 Å². The van der Waals surface area contributed by atoms with E-state index in [4.69, 9.17) is 4.74 Å². The number of thiophene rings is 1. The zero-order chi connectivity index (χ0) is 24.1. The average molecular weight is 478 g/mol. The lowest BCUT2D eigenvalue weighted by molar-refractivity contribution is -0.116. The van der Waals surface area contributed by atoms with Crippen LogP contribution >= 0.6 is 11.3 Å². The van der Waals surface area contributed by atoms with Gasteiger partial charge in [0.1, 0.15) is 17.2 Å². The summed E-state index contributed by atoms with van der Waals surface area (Å²) in [5, 5.41) is 16.1. The summed E-state index contributed by atoms with van der Waals surface area (Å²) in [6, 6.07) is 11.5. The molecule has 0 aliphatic heterocycles. The molecule has 1 aliphatic rings. The van der Waals surface area contributed by atoms with Crippen molar-refractivity contribution in [3.63, 3.8) is 0 Å². The van der Waals surface area contributed by atoms with E-state index in [0.717, 1.165) is 21.8 Å². The Morgan fingerprint density at radius 2 is 2.18 bits per heavy atom. The van der Waals surface area contributed by atoms with E-state index in [2.05, 4.69) is 26.7 Å². The number of carbonyl (C=O) groups is 2. The number of nitriles is 1. The van der Waals surface area contributed by atoms with Crippen LogP contribution in [0.25, 0.3) is 0 Å². The number of alkyl carbamates (subject to hydrolysis) is 1. The highest BCUT2D eigenvalue weighted by Gasteiger charge is 2.29. The molecular weight excluding hydrogens is 450 g/mol. The van der Waals surface area contributed by atoms with Crippen LogP contribution in [0, 0.1) is 11.3 Å². The molecule has 3 aromatic heterocycles. The molecule has 34 heavy (non-hydrogen) atoms. The molecule has 3 unspecified atom stereocenters. The van der Waals surface area contributed by atoms with E-state index in [1.54, 1.807) is 12.4 Å².